The molecule has 11 heteroatoms. The van der Waals surface area contributed by atoms with E-state index in [1.54, 1.807) is 0 Å². The van der Waals surface area contributed by atoms with Gasteiger partial charge in [0.25, 0.3) is 0 Å². The van der Waals surface area contributed by atoms with Gasteiger partial charge in [-0.1, -0.05) is 6.92 Å². The maximum absolute atomic E-state index is 11.4. The predicted molar refractivity (Wildman–Crippen MR) is 81.6 cm³/mol. The Morgan fingerprint density at radius 1 is 1.38 bits per heavy atom. The first-order chi connectivity index (χ1) is 11.4. The van der Waals surface area contributed by atoms with Crippen LogP contribution in [0.5, 0.6) is 0 Å². The number of hydrogen-bond acceptors (Lipinski definition) is 9. The number of rotatable bonds is 3. The van der Waals surface area contributed by atoms with Crippen molar-refractivity contribution in [3.8, 4) is 0 Å². The number of aliphatic hydroxyl groups is 2. The van der Waals surface area contributed by atoms with E-state index in [-0.39, 0.29) is 5.82 Å². The van der Waals surface area contributed by atoms with Crippen molar-refractivity contribution < 1.29 is 19.7 Å². The molecule has 0 spiro atoms. The normalized spacial score (nSPS) is 28.2. The van der Waals surface area contributed by atoms with E-state index in [0.29, 0.717) is 17.6 Å². The summed E-state index contributed by atoms with van der Waals surface area (Å²) in [6, 6.07) is 0. The fourth-order valence-corrected chi connectivity index (χ4v) is 2.68. The number of nitrogens with one attached hydrogen (secondary N) is 1. The number of fused-ring (bicyclic) bond motifs is 1. The first-order valence-corrected chi connectivity index (χ1v) is 7.44. The smallest absolute Gasteiger partial charge is 0.231 e. The molecule has 3 rings (SSSR count). The highest BCUT2D eigenvalue weighted by Gasteiger charge is 2.43. The molecular weight excluding hydrogens is 318 g/mol. The van der Waals surface area contributed by atoms with Crippen LogP contribution in [0.4, 0.5) is 5.82 Å². The van der Waals surface area contributed by atoms with Gasteiger partial charge in [-0.15, -0.1) is 0 Å². The minimum absolute atomic E-state index is 0.204. The Kier molecular flexibility index (Phi) is 4.32. The molecule has 11 nitrogen and oxygen atoms in total. The van der Waals surface area contributed by atoms with Gasteiger partial charge in [-0.2, -0.15) is 5.01 Å². The van der Waals surface area contributed by atoms with E-state index in [1.165, 1.54) is 24.1 Å². The number of nitrogens with zero attached hydrogens (tertiary/aromatic N) is 5. The van der Waals surface area contributed by atoms with Crippen molar-refractivity contribution in [2.75, 3.05) is 5.73 Å². The molecule has 1 saturated heterocycles. The van der Waals surface area contributed by atoms with Crippen LogP contribution in [0.25, 0.3) is 11.2 Å². The van der Waals surface area contributed by atoms with Crippen LogP contribution < -0.4 is 11.2 Å². The highest BCUT2D eigenvalue weighted by Crippen LogP contribution is 2.31. The maximum Gasteiger partial charge on any atom is 0.231 e. The summed E-state index contributed by atoms with van der Waals surface area (Å²) in [5, 5.41) is 21.9. The molecule has 4 atom stereocenters. The molecule has 2 aromatic rings. The van der Waals surface area contributed by atoms with Crippen molar-refractivity contribution in [2.24, 2.45) is 0 Å². The summed E-state index contributed by atoms with van der Waals surface area (Å²) in [4.78, 5) is 23.5. The van der Waals surface area contributed by atoms with Crippen molar-refractivity contribution in [3.63, 3.8) is 0 Å². The van der Waals surface area contributed by atoms with E-state index >= 15 is 0 Å². The van der Waals surface area contributed by atoms with Crippen LogP contribution in [0.1, 0.15) is 26.5 Å². The fourth-order valence-electron chi connectivity index (χ4n) is 2.68. The highest BCUT2D eigenvalue weighted by molar-refractivity contribution is 5.81. The summed E-state index contributed by atoms with van der Waals surface area (Å²) >= 11 is 0. The number of anilines is 1. The van der Waals surface area contributed by atoms with Gasteiger partial charge < -0.3 is 20.7 Å². The summed E-state index contributed by atoms with van der Waals surface area (Å²) < 4.78 is 7.28. The Morgan fingerprint density at radius 3 is 2.79 bits per heavy atom. The average molecular weight is 337 g/mol. The number of aromatic nitrogens is 4. The Bertz CT molecular complexity index is 751. The lowest BCUT2D eigenvalue weighted by molar-refractivity contribution is -0.296. The zero-order chi connectivity index (χ0) is 17.4. The lowest BCUT2D eigenvalue weighted by atomic mass is 10.2. The van der Waals surface area contributed by atoms with Crippen molar-refractivity contribution in [2.45, 2.75) is 45.1 Å². The van der Waals surface area contributed by atoms with Gasteiger partial charge >= 0.3 is 0 Å². The lowest BCUT2D eigenvalue weighted by Crippen LogP contribution is -2.64. The van der Waals surface area contributed by atoms with Gasteiger partial charge in [0.05, 0.1) is 6.33 Å². The fraction of sp³-hybridized carbons (Fsp3) is 0.538. The Labute approximate surface area is 137 Å². The summed E-state index contributed by atoms with van der Waals surface area (Å²) in [6.07, 6.45) is -0.987. The summed E-state index contributed by atoms with van der Waals surface area (Å²) in [6.45, 7) is 3.10. The highest BCUT2D eigenvalue weighted by atomic mass is 16.6. The topological polar surface area (TPSA) is 152 Å². The molecule has 2 aromatic heterocycles. The second kappa shape index (κ2) is 6.28. The van der Waals surface area contributed by atoms with E-state index < -0.39 is 30.7 Å². The molecule has 0 bridgehead atoms. The molecular formula is C13H19N7O4. The number of carbonyl (C=O) groups is 1. The third-order valence-electron chi connectivity index (χ3n) is 3.82. The molecule has 3 heterocycles. The Morgan fingerprint density at radius 2 is 2.12 bits per heavy atom. The molecule has 1 amide bonds. The molecule has 0 saturated carbocycles. The number of hydrazine groups is 1. The third kappa shape index (κ3) is 2.67. The average Bonchev–Trinajstić information content (AvgIpc) is 2.97. The summed E-state index contributed by atoms with van der Waals surface area (Å²) in [5.74, 6) is -0.222. The second-order valence-electron chi connectivity index (χ2n) is 5.46. The minimum atomic E-state index is -1.36. The van der Waals surface area contributed by atoms with E-state index in [2.05, 4.69) is 20.4 Å². The van der Waals surface area contributed by atoms with Crippen LogP contribution in [0.3, 0.4) is 0 Å². The monoisotopic (exact) mass is 337 g/mol. The van der Waals surface area contributed by atoms with E-state index in [4.69, 9.17) is 10.5 Å². The van der Waals surface area contributed by atoms with Crippen LogP contribution >= 0.6 is 0 Å². The SMILES string of the molecule is CC[C@H]1O[C@@H](n2cnc3c(N)ncnc32)C(O)N(NC(C)=O)C1O. The van der Waals surface area contributed by atoms with Crippen molar-refractivity contribution in [3.05, 3.63) is 12.7 Å². The van der Waals surface area contributed by atoms with Crippen LogP contribution in [0.15, 0.2) is 12.7 Å². The molecule has 130 valence electrons. The molecule has 2 unspecified atom stereocenters. The first-order valence-electron chi connectivity index (χ1n) is 7.44. The van der Waals surface area contributed by atoms with Crippen LogP contribution in [-0.2, 0) is 9.53 Å². The number of nitrogen functional groups attached to an aromatic ring is 1. The largest absolute Gasteiger partial charge is 0.382 e. The van der Waals surface area contributed by atoms with Gasteiger partial charge in [0.2, 0.25) is 5.91 Å². The molecule has 1 aliphatic heterocycles. The number of ether oxygens (including phenoxy) is 1. The summed E-state index contributed by atoms with van der Waals surface area (Å²) in [7, 11) is 0. The molecule has 0 aliphatic carbocycles. The number of carbonyl (C=O) groups excluding carboxylic acids is 1. The van der Waals surface area contributed by atoms with Crippen LogP contribution in [0, 0.1) is 0 Å². The molecule has 1 fully saturated rings. The standard InChI is InChI=1S/C13H19N7O4/c1-3-7-11(22)20(18-6(2)21)12(23)13(24-7)19-5-17-8-9(14)15-4-16-10(8)19/h4-5,7,11-13,22-23H,3H2,1-2H3,(H,18,21)(H2,14,15,16)/t7-,11?,12?,13-/m1/s1. The molecule has 0 aromatic carbocycles. The number of aliphatic hydroxyl groups excluding tert-OH is 2. The maximum atomic E-state index is 11.4. The van der Waals surface area contributed by atoms with Crippen molar-refractivity contribution in [1.82, 2.24) is 30.0 Å². The Balaban J connectivity index is 2.01. The number of morpholine rings is 1. The third-order valence-corrected chi connectivity index (χ3v) is 3.82. The van der Waals surface area contributed by atoms with E-state index in [9.17, 15) is 15.0 Å². The van der Waals surface area contributed by atoms with Gasteiger partial charge in [-0.3, -0.25) is 14.8 Å². The van der Waals surface area contributed by atoms with Crippen molar-refractivity contribution in [1.29, 1.82) is 0 Å². The van der Waals surface area contributed by atoms with Gasteiger partial charge in [0, 0.05) is 6.92 Å². The Hall–Kier alpha value is -2.34. The van der Waals surface area contributed by atoms with Crippen molar-refractivity contribution >= 4 is 22.9 Å². The van der Waals surface area contributed by atoms with E-state index in [1.807, 2.05) is 6.92 Å². The zero-order valence-corrected chi connectivity index (χ0v) is 13.2. The lowest BCUT2D eigenvalue weighted by Gasteiger charge is -2.44. The van der Waals surface area contributed by atoms with Gasteiger partial charge in [0.15, 0.2) is 30.1 Å². The number of hydrogen-bond donors (Lipinski definition) is 4. The van der Waals surface area contributed by atoms with Crippen LogP contribution in [-0.4, -0.2) is 59.2 Å². The van der Waals surface area contributed by atoms with E-state index in [0.717, 1.165) is 5.01 Å². The van der Waals surface area contributed by atoms with Gasteiger partial charge in [-0.25, -0.2) is 15.0 Å². The molecule has 1 aliphatic rings. The predicted octanol–water partition coefficient (Wildman–Crippen LogP) is -1.29. The molecule has 5 N–H and O–H groups in total. The minimum Gasteiger partial charge on any atom is -0.382 e. The number of imidazole rings is 1. The van der Waals surface area contributed by atoms with Gasteiger partial charge in [-0.05, 0) is 6.42 Å². The van der Waals surface area contributed by atoms with Crippen LogP contribution in [0.2, 0.25) is 0 Å². The zero-order valence-electron chi connectivity index (χ0n) is 13.2. The number of amides is 1. The number of nitrogens with two attached hydrogens (primary N) is 1. The van der Waals surface area contributed by atoms with Gasteiger partial charge in [0.1, 0.15) is 17.9 Å². The molecule has 0 radical (unpaired) electrons. The molecule has 24 heavy (non-hydrogen) atoms. The summed E-state index contributed by atoms with van der Waals surface area (Å²) in [5.41, 5.74) is 8.93. The quantitative estimate of drug-likeness (QED) is 0.536. The first kappa shape index (κ1) is 16.5. The second-order valence-corrected chi connectivity index (χ2v) is 5.46.